The highest BCUT2D eigenvalue weighted by Gasteiger charge is 2.17. The van der Waals surface area contributed by atoms with Crippen LogP contribution in [-0.4, -0.2) is 32.4 Å². The molecule has 1 aromatic carbocycles. The molecule has 9 nitrogen and oxygen atoms in total. The van der Waals surface area contributed by atoms with Crippen molar-refractivity contribution in [1.29, 1.82) is 0 Å². The highest BCUT2D eigenvalue weighted by molar-refractivity contribution is 5.97. The number of oxime groups is 1. The fourth-order valence-corrected chi connectivity index (χ4v) is 1.68. The first-order valence-electron chi connectivity index (χ1n) is 5.98. The van der Waals surface area contributed by atoms with E-state index in [0.29, 0.717) is 6.54 Å². The van der Waals surface area contributed by atoms with Crippen molar-refractivity contribution in [3.05, 3.63) is 52.3 Å². The molecule has 0 saturated carbocycles. The van der Waals surface area contributed by atoms with Crippen molar-refractivity contribution >= 4 is 11.5 Å². The second kappa shape index (κ2) is 6.37. The van der Waals surface area contributed by atoms with Gasteiger partial charge in [0.15, 0.2) is 11.6 Å². The molecule has 0 radical (unpaired) electrons. The Bertz CT molecular complexity index is 654. The molecule has 0 bridgehead atoms. The first kappa shape index (κ1) is 14.3. The predicted octanol–water partition coefficient (Wildman–Crippen LogP) is 0.965. The Kier molecular flexibility index (Phi) is 4.34. The minimum Gasteiger partial charge on any atom is -0.485 e. The molecule has 0 atom stereocenters. The molecular weight excluding hydrogens is 278 g/mol. The van der Waals surface area contributed by atoms with Gasteiger partial charge in [-0.1, -0.05) is 5.16 Å². The molecule has 3 N–H and O–H groups in total. The normalized spacial score (nSPS) is 11.3. The average molecular weight is 291 g/mol. The lowest BCUT2D eigenvalue weighted by Crippen LogP contribution is -2.14. The van der Waals surface area contributed by atoms with Gasteiger partial charge in [0.1, 0.15) is 6.61 Å². The SMILES string of the molecule is NC(=NO)c1ccc(OCCn2cccn2)c([N+](=O)[O-])c1. The predicted molar refractivity (Wildman–Crippen MR) is 73.3 cm³/mol. The van der Waals surface area contributed by atoms with Crippen LogP contribution in [0.15, 0.2) is 41.8 Å². The lowest BCUT2D eigenvalue weighted by molar-refractivity contribution is -0.385. The quantitative estimate of drug-likeness (QED) is 0.268. The molecule has 9 heteroatoms. The number of ether oxygens (including phenoxy) is 1. The van der Waals surface area contributed by atoms with Gasteiger partial charge in [-0.25, -0.2) is 0 Å². The van der Waals surface area contributed by atoms with Gasteiger partial charge in [0.05, 0.1) is 11.5 Å². The molecule has 110 valence electrons. The van der Waals surface area contributed by atoms with E-state index in [1.807, 2.05) is 0 Å². The maximum atomic E-state index is 11.0. The summed E-state index contributed by atoms with van der Waals surface area (Å²) in [6.45, 7) is 0.692. The Morgan fingerprint density at radius 1 is 1.57 bits per heavy atom. The van der Waals surface area contributed by atoms with E-state index >= 15 is 0 Å². The fourth-order valence-electron chi connectivity index (χ4n) is 1.68. The fraction of sp³-hybridized carbons (Fsp3) is 0.167. The Balaban J connectivity index is 2.13. The van der Waals surface area contributed by atoms with Crippen LogP contribution in [0.25, 0.3) is 0 Å². The van der Waals surface area contributed by atoms with Crippen LogP contribution in [0, 0.1) is 10.1 Å². The summed E-state index contributed by atoms with van der Waals surface area (Å²) in [6.07, 6.45) is 3.40. The maximum absolute atomic E-state index is 11.0. The van der Waals surface area contributed by atoms with Gasteiger partial charge >= 0.3 is 5.69 Å². The minimum atomic E-state index is -0.586. The van der Waals surface area contributed by atoms with Gasteiger partial charge in [-0.15, -0.1) is 0 Å². The van der Waals surface area contributed by atoms with Crippen molar-refractivity contribution in [2.45, 2.75) is 6.54 Å². The summed E-state index contributed by atoms with van der Waals surface area (Å²) in [7, 11) is 0. The van der Waals surface area contributed by atoms with E-state index in [9.17, 15) is 10.1 Å². The molecular formula is C12H13N5O4. The molecule has 2 rings (SSSR count). The lowest BCUT2D eigenvalue weighted by atomic mass is 10.1. The van der Waals surface area contributed by atoms with Crippen LogP contribution < -0.4 is 10.5 Å². The summed E-state index contributed by atoms with van der Waals surface area (Å²) in [4.78, 5) is 10.5. The summed E-state index contributed by atoms with van der Waals surface area (Å²) in [5, 5.41) is 26.4. The molecule has 0 aliphatic carbocycles. The number of benzene rings is 1. The van der Waals surface area contributed by atoms with Crippen LogP contribution in [0.3, 0.4) is 0 Å². The van der Waals surface area contributed by atoms with E-state index in [1.165, 1.54) is 18.2 Å². The Morgan fingerprint density at radius 2 is 2.38 bits per heavy atom. The van der Waals surface area contributed by atoms with Gasteiger partial charge in [0, 0.05) is 24.0 Å². The average Bonchev–Trinajstić information content (AvgIpc) is 2.99. The summed E-state index contributed by atoms with van der Waals surface area (Å²) in [5.41, 5.74) is 5.39. The lowest BCUT2D eigenvalue weighted by Gasteiger charge is -2.08. The molecule has 0 saturated heterocycles. The number of hydrogen-bond donors (Lipinski definition) is 2. The van der Waals surface area contributed by atoms with E-state index in [2.05, 4.69) is 10.3 Å². The van der Waals surface area contributed by atoms with Crippen LogP contribution in [0.2, 0.25) is 0 Å². The molecule has 21 heavy (non-hydrogen) atoms. The van der Waals surface area contributed by atoms with Crippen molar-refractivity contribution in [1.82, 2.24) is 9.78 Å². The van der Waals surface area contributed by atoms with Crippen molar-refractivity contribution in [3.63, 3.8) is 0 Å². The number of nitro benzene ring substituents is 1. The van der Waals surface area contributed by atoms with Crippen molar-refractivity contribution in [3.8, 4) is 5.75 Å². The number of hydrogen-bond acceptors (Lipinski definition) is 6. The maximum Gasteiger partial charge on any atom is 0.311 e. The number of amidine groups is 1. The standard InChI is InChI=1S/C12H13N5O4/c13-12(15-18)9-2-3-11(10(8-9)17(19)20)21-7-6-16-5-1-4-14-16/h1-5,8,18H,6-7H2,(H2,13,15). The third-order valence-electron chi connectivity index (χ3n) is 2.70. The van der Waals surface area contributed by atoms with Gasteiger partial charge in [-0.3, -0.25) is 14.8 Å². The summed E-state index contributed by atoms with van der Waals surface area (Å²) < 4.78 is 7.04. The number of nitro groups is 1. The molecule has 0 unspecified atom stereocenters. The Hall–Kier alpha value is -3.10. The van der Waals surface area contributed by atoms with Gasteiger partial charge in [-0.05, 0) is 18.2 Å². The zero-order valence-corrected chi connectivity index (χ0v) is 10.9. The number of rotatable bonds is 6. The van der Waals surface area contributed by atoms with E-state index in [-0.39, 0.29) is 29.4 Å². The molecule has 0 aliphatic heterocycles. The zero-order chi connectivity index (χ0) is 15.2. The molecule has 0 fully saturated rings. The highest BCUT2D eigenvalue weighted by atomic mass is 16.6. The highest BCUT2D eigenvalue weighted by Crippen LogP contribution is 2.27. The molecule has 0 amide bonds. The van der Waals surface area contributed by atoms with Crippen molar-refractivity contribution < 1.29 is 14.9 Å². The van der Waals surface area contributed by atoms with Gasteiger partial charge in [0.2, 0.25) is 0 Å². The second-order valence-electron chi connectivity index (χ2n) is 4.04. The van der Waals surface area contributed by atoms with Gasteiger partial charge in [-0.2, -0.15) is 5.10 Å². The molecule has 2 aromatic rings. The Labute approximate surface area is 119 Å². The first-order chi connectivity index (χ1) is 10.1. The monoisotopic (exact) mass is 291 g/mol. The summed E-state index contributed by atoms with van der Waals surface area (Å²) in [5.74, 6) is -0.0946. The minimum absolute atomic E-state index is 0.113. The van der Waals surface area contributed by atoms with Crippen LogP contribution in [0.5, 0.6) is 5.75 Å². The van der Waals surface area contributed by atoms with Crippen LogP contribution >= 0.6 is 0 Å². The number of nitrogens with zero attached hydrogens (tertiary/aromatic N) is 4. The van der Waals surface area contributed by atoms with Crippen LogP contribution in [-0.2, 0) is 6.54 Å². The van der Waals surface area contributed by atoms with Crippen molar-refractivity contribution in [2.24, 2.45) is 10.9 Å². The summed E-state index contributed by atoms with van der Waals surface area (Å²) >= 11 is 0. The van der Waals surface area contributed by atoms with E-state index in [0.717, 1.165) is 0 Å². The van der Waals surface area contributed by atoms with Crippen LogP contribution in [0.1, 0.15) is 5.56 Å². The smallest absolute Gasteiger partial charge is 0.311 e. The first-order valence-corrected chi connectivity index (χ1v) is 5.98. The van der Waals surface area contributed by atoms with Gasteiger partial charge < -0.3 is 15.7 Å². The van der Waals surface area contributed by atoms with E-state index < -0.39 is 4.92 Å². The largest absolute Gasteiger partial charge is 0.485 e. The molecule has 0 spiro atoms. The third-order valence-corrected chi connectivity index (χ3v) is 2.70. The van der Waals surface area contributed by atoms with E-state index in [1.54, 1.807) is 23.1 Å². The van der Waals surface area contributed by atoms with Gasteiger partial charge in [0.25, 0.3) is 0 Å². The molecule has 1 aromatic heterocycles. The number of aromatic nitrogens is 2. The molecule has 1 heterocycles. The molecule has 0 aliphatic rings. The zero-order valence-electron chi connectivity index (χ0n) is 10.9. The van der Waals surface area contributed by atoms with Crippen LogP contribution in [0.4, 0.5) is 5.69 Å². The van der Waals surface area contributed by atoms with E-state index in [4.69, 9.17) is 15.7 Å². The van der Waals surface area contributed by atoms with Crippen molar-refractivity contribution in [2.75, 3.05) is 6.61 Å². The third kappa shape index (κ3) is 3.47. The number of nitrogens with two attached hydrogens (primary N) is 1. The second-order valence-corrected chi connectivity index (χ2v) is 4.04. The topological polar surface area (TPSA) is 129 Å². The summed E-state index contributed by atoms with van der Waals surface area (Å²) in [6, 6.07) is 5.85. The Morgan fingerprint density at radius 3 is 3.00 bits per heavy atom.